The van der Waals surface area contributed by atoms with E-state index in [2.05, 4.69) is 6.92 Å². The molecule has 1 N–H and O–H groups in total. The third-order valence-electron chi connectivity index (χ3n) is 4.59. The summed E-state index contributed by atoms with van der Waals surface area (Å²) in [6.07, 6.45) is 11.4. The van der Waals surface area contributed by atoms with Crippen LogP contribution >= 0.6 is 11.8 Å². The Morgan fingerprint density at radius 3 is 2.64 bits per heavy atom. The van der Waals surface area contributed by atoms with Crippen molar-refractivity contribution in [3.8, 4) is 0 Å². The number of unbranched alkanes of at least 4 members (excludes halogenated alkanes) is 5. The SMILES string of the molecule is CCCCCCCCC1CC1CC([18F])CCSCCC(=O)O. The minimum atomic E-state index is -0.764. The van der Waals surface area contributed by atoms with Gasteiger partial charge in [-0.3, -0.25) is 4.79 Å². The fourth-order valence-electron chi connectivity index (χ4n) is 3.06. The van der Waals surface area contributed by atoms with Crippen LogP contribution in [0.4, 0.5) is 4.39 Å². The first kappa shape index (κ1) is 19.8. The molecule has 130 valence electrons. The summed E-state index contributed by atoms with van der Waals surface area (Å²) < 4.78 is 13.9. The van der Waals surface area contributed by atoms with Crippen LogP contribution in [-0.2, 0) is 4.79 Å². The quantitative estimate of drug-likeness (QED) is 0.391. The summed E-state index contributed by atoms with van der Waals surface area (Å²) >= 11 is 1.56. The minimum absolute atomic E-state index is 0.185. The Kier molecular flexibility index (Phi) is 11.0. The van der Waals surface area contributed by atoms with E-state index in [0.29, 0.717) is 18.1 Å². The van der Waals surface area contributed by atoms with Crippen LogP contribution in [0.1, 0.15) is 77.6 Å². The Labute approximate surface area is 139 Å². The maximum absolute atomic E-state index is 13.9. The topological polar surface area (TPSA) is 37.3 Å². The zero-order chi connectivity index (χ0) is 16.2. The third-order valence-corrected chi connectivity index (χ3v) is 5.61. The number of alkyl halides is 1. The van der Waals surface area contributed by atoms with E-state index in [0.717, 1.165) is 18.1 Å². The highest BCUT2D eigenvalue weighted by Gasteiger charge is 2.37. The monoisotopic (exact) mass is 331 g/mol. The summed E-state index contributed by atoms with van der Waals surface area (Å²) in [5.41, 5.74) is 0. The molecule has 0 aromatic heterocycles. The molecular formula is C18H33FO2S. The number of aliphatic carboxylic acids is 1. The smallest absolute Gasteiger partial charge is 0.304 e. The van der Waals surface area contributed by atoms with E-state index < -0.39 is 12.1 Å². The summed E-state index contributed by atoms with van der Waals surface area (Å²) in [5, 5.41) is 8.52. The lowest BCUT2D eigenvalue weighted by Crippen LogP contribution is -2.05. The van der Waals surface area contributed by atoms with Gasteiger partial charge in [-0.2, -0.15) is 11.8 Å². The molecule has 1 aliphatic carbocycles. The Morgan fingerprint density at radius 1 is 1.18 bits per heavy atom. The van der Waals surface area contributed by atoms with E-state index in [-0.39, 0.29) is 6.42 Å². The number of carboxylic acid groups (broad SMARTS) is 1. The van der Waals surface area contributed by atoms with Gasteiger partial charge < -0.3 is 5.11 Å². The van der Waals surface area contributed by atoms with Crippen LogP contribution in [0.5, 0.6) is 0 Å². The zero-order valence-corrected chi connectivity index (χ0v) is 14.9. The molecule has 0 aliphatic heterocycles. The first-order chi connectivity index (χ1) is 10.6. The molecule has 4 heteroatoms. The van der Waals surface area contributed by atoms with E-state index >= 15 is 0 Å². The Bertz CT molecular complexity index is 299. The van der Waals surface area contributed by atoms with E-state index in [4.69, 9.17) is 5.11 Å². The normalized spacial score (nSPS) is 21.7. The number of carbonyl (C=O) groups is 1. The highest BCUT2D eigenvalue weighted by molar-refractivity contribution is 7.99. The van der Waals surface area contributed by atoms with Crippen LogP contribution in [-0.4, -0.2) is 28.8 Å². The first-order valence-corrected chi connectivity index (χ1v) is 10.2. The number of hydrogen-bond acceptors (Lipinski definition) is 2. The van der Waals surface area contributed by atoms with Gasteiger partial charge in [0, 0.05) is 5.75 Å². The standard InChI is InChI=1S/C18H33FO2S/c1-2-3-4-5-6-7-8-15-13-16(15)14-17(19)9-11-22-12-10-18(20)21/h15-17H,2-14H2,1H3,(H,20,21)/i19-1. The van der Waals surface area contributed by atoms with Crippen molar-refractivity contribution in [2.24, 2.45) is 11.8 Å². The first-order valence-electron chi connectivity index (χ1n) is 9.07. The van der Waals surface area contributed by atoms with Crippen molar-refractivity contribution in [1.82, 2.24) is 0 Å². The maximum Gasteiger partial charge on any atom is 0.304 e. The molecule has 0 saturated heterocycles. The second kappa shape index (κ2) is 12.2. The number of rotatable bonds is 15. The molecule has 0 aromatic carbocycles. The molecule has 0 heterocycles. The molecule has 1 rings (SSSR count). The number of halogens is 1. The van der Waals surface area contributed by atoms with Gasteiger partial charge in [0.15, 0.2) is 0 Å². The molecular weight excluding hydrogens is 298 g/mol. The summed E-state index contributed by atoms with van der Waals surface area (Å²) in [5.74, 6) is 2.02. The van der Waals surface area contributed by atoms with E-state index in [1.165, 1.54) is 51.4 Å². The number of thioether (sulfide) groups is 1. The Hall–Kier alpha value is -0.250. The predicted octanol–water partition coefficient (Wildman–Crippen LogP) is 5.70. The van der Waals surface area contributed by atoms with Crippen molar-refractivity contribution in [3.05, 3.63) is 0 Å². The lowest BCUT2D eigenvalue weighted by molar-refractivity contribution is -0.136. The highest BCUT2D eigenvalue weighted by atomic mass is 32.2. The Morgan fingerprint density at radius 2 is 1.91 bits per heavy atom. The van der Waals surface area contributed by atoms with Gasteiger partial charge in [0.2, 0.25) is 0 Å². The lowest BCUT2D eigenvalue weighted by atomic mass is 10.0. The average Bonchev–Trinajstić information content (AvgIpc) is 3.20. The largest absolute Gasteiger partial charge is 0.481 e. The van der Waals surface area contributed by atoms with Crippen LogP contribution in [0.2, 0.25) is 0 Å². The van der Waals surface area contributed by atoms with Gasteiger partial charge >= 0.3 is 5.97 Å². The molecule has 3 unspecified atom stereocenters. The summed E-state index contributed by atoms with van der Waals surface area (Å²) in [6, 6.07) is 0. The van der Waals surface area contributed by atoms with Crippen LogP contribution < -0.4 is 0 Å². The van der Waals surface area contributed by atoms with Crippen LogP contribution in [0.15, 0.2) is 0 Å². The second-order valence-electron chi connectivity index (χ2n) is 6.69. The fourth-order valence-corrected chi connectivity index (χ4v) is 4.00. The number of hydrogen-bond donors (Lipinski definition) is 1. The molecule has 0 amide bonds. The predicted molar refractivity (Wildman–Crippen MR) is 93.3 cm³/mol. The zero-order valence-electron chi connectivity index (χ0n) is 14.1. The van der Waals surface area contributed by atoms with E-state index in [9.17, 15) is 9.18 Å². The van der Waals surface area contributed by atoms with Crippen molar-refractivity contribution in [2.45, 2.75) is 83.7 Å². The maximum atomic E-state index is 13.9. The molecule has 2 nitrogen and oxygen atoms in total. The van der Waals surface area contributed by atoms with E-state index in [1.807, 2.05) is 0 Å². The number of carboxylic acids is 1. The van der Waals surface area contributed by atoms with Gasteiger partial charge in [0.1, 0.15) is 6.17 Å². The van der Waals surface area contributed by atoms with Gasteiger partial charge in [-0.1, -0.05) is 51.9 Å². The van der Waals surface area contributed by atoms with Crippen molar-refractivity contribution < 1.29 is 14.3 Å². The Balaban J connectivity index is 1.88. The van der Waals surface area contributed by atoms with Crippen molar-refractivity contribution >= 4 is 17.7 Å². The van der Waals surface area contributed by atoms with Gasteiger partial charge in [0.25, 0.3) is 0 Å². The highest BCUT2D eigenvalue weighted by Crippen LogP contribution is 2.46. The molecule has 1 fully saturated rings. The van der Waals surface area contributed by atoms with Crippen molar-refractivity contribution in [2.75, 3.05) is 11.5 Å². The molecule has 0 aromatic rings. The summed E-state index contributed by atoms with van der Waals surface area (Å²) in [7, 11) is 0. The van der Waals surface area contributed by atoms with Crippen LogP contribution in [0, 0.1) is 11.8 Å². The molecule has 0 spiro atoms. The lowest BCUT2D eigenvalue weighted by Gasteiger charge is -2.07. The van der Waals surface area contributed by atoms with Crippen molar-refractivity contribution in [3.63, 3.8) is 0 Å². The van der Waals surface area contributed by atoms with E-state index in [1.54, 1.807) is 11.8 Å². The van der Waals surface area contributed by atoms with Gasteiger partial charge in [-0.15, -0.1) is 0 Å². The van der Waals surface area contributed by atoms with Crippen LogP contribution in [0.3, 0.4) is 0 Å². The molecule has 22 heavy (non-hydrogen) atoms. The van der Waals surface area contributed by atoms with Crippen LogP contribution in [0.25, 0.3) is 0 Å². The van der Waals surface area contributed by atoms with Gasteiger partial charge in [-0.25, -0.2) is 4.39 Å². The molecule has 0 bridgehead atoms. The molecule has 0 radical (unpaired) electrons. The van der Waals surface area contributed by atoms with Crippen molar-refractivity contribution in [1.29, 1.82) is 0 Å². The van der Waals surface area contributed by atoms with Gasteiger partial charge in [-0.05, 0) is 36.9 Å². The van der Waals surface area contributed by atoms with Gasteiger partial charge in [0.05, 0.1) is 6.42 Å². The fraction of sp³-hybridized carbons (Fsp3) is 0.944. The minimum Gasteiger partial charge on any atom is -0.481 e. The summed E-state index contributed by atoms with van der Waals surface area (Å²) in [4.78, 5) is 10.4. The molecule has 3 atom stereocenters. The summed E-state index contributed by atoms with van der Waals surface area (Å²) in [6.45, 7) is 2.24. The molecule has 1 saturated carbocycles. The second-order valence-corrected chi connectivity index (χ2v) is 7.91. The average molecular weight is 332 g/mol. The third kappa shape index (κ3) is 10.5. The molecule has 1 aliphatic rings.